The monoisotopic (exact) mass is 459 g/mol. The van der Waals surface area contributed by atoms with Gasteiger partial charge in [0.2, 0.25) is 0 Å². The van der Waals surface area contributed by atoms with Gasteiger partial charge in [0.05, 0.1) is 16.4 Å². The van der Waals surface area contributed by atoms with Crippen molar-refractivity contribution in [2.75, 3.05) is 0 Å². The lowest BCUT2D eigenvalue weighted by Gasteiger charge is -2.08. The van der Waals surface area contributed by atoms with Crippen LogP contribution in [0, 0.1) is 6.92 Å². The quantitative estimate of drug-likeness (QED) is 0.342. The molecule has 2 aromatic carbocycles. The summed E-state index contributed by atoms with van der Waals surface area (Å²) >= 11 is 14.3. The third-order valence-corrected chi connectivity index (χ3v) is 6.33. The molecule has 4 aromatic rings. The summed E-state index contributed by atoms with van der Waals surface area (Å²) in [6.45, 7) is 2.24. The first-order valence-electron chi connectivity index (χ1n) is 9.22. The van der Waals surface area contributed by atoms with E-state index in [9.17, 15) is 0 Å². The Kier molecular flexibility index (Phi) is 6.32. The second-order valence-electron chi connectivity index (χ2n) is 6.57. The van der Waals surface area contributed by atoms with E-state index in [1.807, 2.05) is 67.1 Å². The number of rotatable bonds is 7. The van der Waals surface area contributed by atoms with Crippen LogP contribution in [-0.4, -0.2) is 24.5 Å². The zero-order chi connectivity index (χ0) is 21.1. The molecule has 2 heterocycles. The number of aromatic nitrogens is 5. The molecule has 6 nitrogen and oxygen atoms in total. The Morgan fingerprint density at radius 3 is 2.50 bits per heavy atom. The Morgan fingerprint density at radius 2 is 1.73 bits per heavy atom. The molecular formula is C21H19Cl2N5OS. The number of hydrogen-bond donors (Lipinski definition) is 0. The van der Waals surface area contributed by atoms with E-state index >= 15 is 0 Å². The molecule has 0 saturated heterocycles. The van der Waals surface area contributed by atoms with Gasteiger partial charge in [0.15, 0.2) is 11.0 Å². The number of ether oxygens (including phenoxy) is 1. The SMILES string of the molecule is Cc1nn(-c2ccccc2)c(Cl)c1CSc1nnc(COc2ccccc2Cl)n1C. The number of thioether (sulfide) groups is 1. The molecule has 0 saturated carbocycles. The van der Waals surface area contributed by atoms with Crippen LogP contribution >= 0.6 is 35.0 Å². The lowest BCUT2D eigenvalue weighted by Crippen LogP contribution is -2.04. The molecule has 4 rings (SSSR count). The molecule has 0 atom stereocenters. The molecule has 0 N–H and O–H groups in total. The summed E-state index contributed by atoms with van der Waals surface area (Å²) in [4.78, 5) is 0. The van der Waals surface area contributed by atoms with Gasteiger partial charge >= 0.3 is 0 Å². The molecule has 0 radical (unpaired) electrons. The highest BCUT2D eigenvalue weighted by Crippen LogP contribution is 2.30. The van der Waals surface area contributed by atoms with Crippen LogP contribution in [0.15, 0.2) is 59.8 Å². The number of nitrogens with zero attached hydrogens (tertiary/aromatic N) is 5. The van der Waals surface area contributed by atoms with Crippen LogP contribution in [0.1, 0.15) is 17.1 Å². The fraction of sp³-hybridized carbons (Fsp3) is 0.190. The highest BCUT2D eigenvalue weighted by atomic mass is 35.5. The fourth-order valence-corrected chi connectivity index (χ4v) is 4.50. The zero-order valence-corrected chi connectivity index (χ0v) is 18.7. The highest BCUT2D eigenvalue weighted by Gasteiger charge is 2.17. The predicted molar refractivity (Wildman–Crippen MR) is 120 cm³/mol. The van der Waals surface area contributed by atoms with Crippen molar-refractivity contribution in [2.24, 2.45) is 7.05 Å². The van der Waals surface area contributed by atoms with Crippen molar-refractivity contribution >= 4 is 35.0 Å². The van der Waals surface area contributed by atoms with Crippen LogP contribution < -0.4 is 4.74 Å². The Bertz CT molecular complexity index is 1160. The summed E-state index contributed by atoms with van der Waals surface area (Å²) in [5, 5.41) is 15.1. The maximum absolute atomic E-state index is 6.62. The summed E-state index contributed by atoms with van der Waals surface area (Å²) in [5.41, 5.74) is 2.79. The minimum Gasteiger partial charge on any atom is -0.484 e. The lowest BCUT2D eigenvalue weighted by atomic mass is 10.3. The molecule has 0 bridgehead atoms. The minimum absolute atomic E-state index is 0.277. The van der Waals surface area contributed by atoms with Crippen LogP contribution in [-0.2, 0) is 19.4 Å². The summed E-state index contributed by atoms with van der Waals surface area (Å²) in [6, 6.07) is 17.2. The van der Waals surface area contributed by atoms with Gasteiger partial charge < -0.3 is 9.30 Å². The number of benzene rings is 2. The van der Waals surface area contributed by atoms with Gasteiger partial charge in [-0.3, -0.25) is 0 Å². The highest BCUT2D eigenvalue weighted by molar-refractivity contribution is 7.98. The van der Waals surface area contributed by atoms with E-state index in [1.54, 1.807) is 22.5 Å². The van der Waals surface area contributed by atoms with Crippen molar-refractivity contribution in [1.82, 2.24) is 24.5 Å². The molecule has 0 aliphatic heterocycles. The van der Waals surface area contributed by atoms with Gasteiger partial charge in [-0.2, -0.15) is 5.10 Å². The summed E-state index contributed by atoms with van der Waals surface area (Å²) < 4.78 is 9.44. The predicted octanol–water partition coefficient (Wildman–Crippen LogP) is 5.49. The molecule has 0 unspecified atom stereocenters. The van der Waals surface area contributed by atoms with Gasteiger partial charge in [-0.05, 0) is 31.2 Å². The number of aryl methyl sites for hydroxylation is 1. The van der Waals surface area contributed by atoms with Crippen LogP contribution in [0.3, 0.4) is 0 Å². The standard InChI is InChI=1S/C21H19Cl2N5OS/c1-14-16(20(23)28(26-14)15-8-4-3-5-9-15)13-30-21-25-24-19(27(21)2)12-29-18-11-7-6-10-17(18)22/h3-11H,12-13H2,1-2H3. The van der Waals surface area contributed by atoms with Gasteiger partial charge in [-0.15, -0.1) is 10.2 Å². The van der Waals surface area contributed by atoms with Gasteiger partial charge in [-0.25, -0.2) is 4.68 Å². The number of hydrogen-bond acceptors (Lipinski definition) is 5. The lowest BCUT2D eigenvalue weighted by molar-refractivity contribution is 0.290. The van der Waals surface area contributed by atoms with Crippen LogP contribution in [0.25, 0.3) is 5.69 Å². The average molecular weight is 460 g/mol. The Morgan fingerprint density at radius 1 is 1.00 bits per heavy atom. The Balaban J connectivity index is 1.45. The van der Waals surface area contributed by atoms with Crippen molar-refractivity contribution < 1.29 is 4.74 Å². The largest absolute Gasteiger partial charge is 0.484 e. The average Bonchev–Trinajstić information content (AvgIpc) is 3.25. The Labute approximate surface area is 188 Å². The van der Waals surface area contributed by atoms with Gasteiger partial charge in [0.1, 0.15) is 17.5 Å². The smallest absolute Gasteiger partial charge is 0.191 e. The van der Waals surface area contributed by atoms with E-state index in [0.717, 1.165) is 22.1 Å². The zero-order valence-electron chi connectivity index (χ0n) is 16.4. The summed E-state index contributed by atoms with van der Waals surface area (Å²) in [5.74, 6) is 1.96. The van der Waals surface area contributed by atoms with E-state index in [4.69, 9.17) is 27.9 Å². The van der Waals surface area contributed by atoms with E-state index in [2.05, 4.69) is 15.3 Å². The number of para-hydroxylation sites is 2. The maximum Gasteiger partial charge on any atom is 0.191 e. The topological polar surface area (TPSA) is 57.8 Å². The molecule has 154 valence electrons. The van der Waals surface area contributed by atoms with Crippen LogP contribution in [0.5, 0.6) is 5.75 Å². The first kappa shape index (κ1) is 20.8. The van der Waals surface area contributed by atoms with Crippen LogP contribution in [0.2, 0.25) is 10.2 Å². The van der Waals surface area contributed by atoms with Gasteiger partial charge in [0, 0.05) is 18.4 Å². The van der Waals surface area contributed by atoms with Gasteiger partial charge in [0.25, 0.3) is 0 Å². The molecule has 0 amide bonds. The number of halogens is 2. The molecule has 0 spiro atoms. The van der Waals surface area contributed by atoms with E-state index in [1.165, 1.54) is 0 Å². The minimum atomic E-state index is 0.277. The molecule has 0 aliphatic rings. The van der Waals surface area contributed by atoms with E-state index in [-0.39, 0.29) is 6.61 Å². The molecule has 30 heavy (non-hydrogen) atoms. The third-order valence-electron chi connectivity index (χ3n) is 4.59. The van der Waals surface area contributed by atoms with E-state index < -0.39 is 0 Å². The maximum atomic E-state index is 6.62. The van der Waals surface area contributed by atoms with Gasteiger partial charge in [-0.1, -0.05) is 65.3 Å². The second kappa shape index (κ2) is 9.12. The van der Waals surface area contributed by atoms with Crippen molar-refractivity contribution in [3.63, 3.8) is 0 Å². The molecular weight excluding hydrogens is 441 g/mol. The van der Waals surface area contributed by atoms with E-state index in [0.29, 0.717) is 27.5 Å². The third kappa shape index (κ3) is 4.33. The second-order valence-corrected chi connectivity index (χ2v) is 8.28. The first-order chi connectivity index (χ1) is 14.5. The molecule has 0 fully saturated rings. The summed E-state index contributed by atoms with van der Waals surface area (Å²) in [6.07, 6.45) is 0. The van der Waals surface area contributed by atoms with Crippen LogP contribution in [0.4, 0.5) is 0 Å². The van der Waals surface area contributed by atoms with Crippen molar-refractivity contribution in [3.05, 3.63) is 81.9 Å². The normalized spacial score (nSPS) is 11.1. The molecule has 2 aromatic heterocycles. The Hall–Kier alpha value is -2.48. The molecule has 0 aliphatic carbocycles. The fourth-order valence-electron chi connectivity index (χ4n) is 2.87. The summed E-state index contributed by atoms with van der Waals surface area (Å²) in [7, 11) is 1.91. The van der Waals surface area contributed by atoms with Crippen molar-refractivity contribution in [1.29, 1.82) is 0 Å². The first-order valence-corrected chi connectivity index (χ1v) is 11.0. The van der Waals surface area contributed by atoms with Crippen molar-refractivity contribution in [3.8, 4) is 11.4 Å². The molecule has 9 heteroatoms. The van der Waals surface area contributed by atoms with Crippen molar-refractivity contribution in [2.45, 2.75) is 24.4 Å².